The number of aromatic nitrogens is 1. The van der Waals surface area contributed by atoms with Gasteiger partial charge in [0.15, 0.2) is 0 Å². The van der Waals surface area contributed by atoms with Crippen molar-refractivity contribution in [2.45, 2.75) is 6.04 Å². The van der Waals surface area contributed by atoms with Crippen molar-refractivity contribution in [2.75, 3.05) is 23.7 Å². The summed E-state index contributed by atoms with van der Waals surface area (Å²) in [5.41, 5.74) is 6.59. The zero-order valence-electron chi connectivity index (χ0n) is 6.75. The predicted octanol–water partition coefficient (Wildman–Crippen LogP) is 0.246. The van der Waals surface area contributed by atoms with Gasteiger partial charge in [-0.1, -0.05) is 0 Å². The average Bonchev–Trinajstić information content (AvgIpc) is 2.17. The fourth-order valence-electron chi connectivity index (χ4n) is 1.28. The van der Waals surface area contributed by atoms with Gasteiger partial charge in [-0.25, -0.2) is 4.98 Å². The quantitative estimate of drug-likeness (QED) is 0.556. The summed E-state index contributed by atoms with van der Waals surface area (Å²) in [6, 6.07) is 4.21. The van der Waals surface area contributed by atoms with Gasteiger partial charge in [-0.3, -0.25) is 0 Å². The summed E-state index contributed by atoms with van der Waals surface area (Å²) in [7, 11) is 0. The van der Waals surface area contributed by atoms with Gasteiger partial charge in [0.1, 0.15) is 5.82 Å². The molecule has 0 saturated carbocycles. The van der Waals surface area contributed by atoms with E-state index in [1.807, 2.05) is 12.1 Å². The van der Waals surface area contributed by atoms with E-state index in [0.717, 1.165) is 18.1 Å². The van der Waals surface area contributed by atoms with Crippen LogP contribution in [-0.2, 0) is 0 Å². The molecule has 0 spiro atoms. The van der Waals surface area contributed by atoms with Crippen LogP contribution in [0.4, 0.5) is 11.5 Å². The van der Waals surface area contributed by atoms with Gasteiger partial charge >= 0.3 is 0 Å². The molecule has 64 valence electrons. The van der Waals surface area contributed by atoms with E-state index in [4.69, 9.17) is 5.73 Å². The summed E-state index contributed by atoms with van der Waals surface area (Å²) >= 11 is 0. The Kier molecular flexibility index (Phi) is 1.83. The minimum atomic E-state index is 0.299. The molecule has 0 aromatic carbocycles. The van der Waals surface area contributed by atoms with Crippen molar-refractivity contribution < 1.29 is 0 Å². The first kappa shape index (κ1) is 7.36. The van der Waals surface area contributed by atoms with Gasteiger partial charge in [0.25, 0.3) is 0 Å². The molecule has 4 N–H and O–H groups in total. The number of rotatable bonds is 1. The van der Waals surface area contributed by atoms with Crippen LogP contribution in [0.5, 0.6) is 0 Å². The first-order valence-corrected chi connectivity index (χ1v) is 4.05. The Morgan fingerprint density at radius 1 is 1.67 bits per heavy atom. The van der Waals surface area contributed by atoms with Crippen LogP contribution >= 0.6 is 0 Å². The molecule has 0 aliphatic carbocycles. The van der Waals surface area contributed by atoms with Crippen molar-refractivity contribution in [3.8, 4) is 0 Å². The second-order valence-corrected chi connectivity index (χ2v) is 2.86. The molecule has 2 heterocycles. The number of hydrogen-bond acceptors (Lipinski definition) is 4. The molecule has 0 amide bonds. The lowest BCUT2D eigenvalue weighted by atomic mass is 10.2. The molecule has 1 aliphatic rings. The molecule has 0 saturated heterocycles. The molecule has 0 unspecified atom stereocenters. The minimum Gasteiger partial charge on any atom is -0.380 e. The zero-order chi connectivity index (χ0) is 8.39. The molecular formula is C8H12N4. The van der Waals surface area contributed by atoms with Crippen LogP contribution < -0.4 is 16.4 Å². The van der Waals surface area contributed by atoms with Gasteiger partial charge in [-0.05, 0) is 12.1 Å². The Bertz CT molecular complexity index is 274. The van der Waals surface area contributed by atoms with Crippen molar-refractivity contribution in [3.05, 3.63) is 18.3 Å². The van der Waals surface area contributed by atoms with Crippen LogP contribution in [-0.4, -0.2) is 24.1 Å². The maximum absolute atomic E-state index is 5.53. The normalized spacial score (nSPS) is 20.6. The lowest BCUT2D eigenvalue weighted by Crippen LogP contribution is -2.39. The van der Waals surface area contributed by atoms with Crippen molar-refractivity contribution in [2.24, 2.45) is 5.73 Å². The van der Waals surface area contributed by atoms with Crippen LogP contribution in [0, 0.1) is 0 Å². The van der Waals surface area contributed by atoms with Crippen LogP contribution in [0.2, 0.25) is 0 Å². The summed E-state index contributed by atoms with van der Waals surface area (Å²) < 4.78 is 0. The first-order valence-electron chi connectivity index (χ1n) is 4.05. The number of anilines is 2. The number of pyridine rings is 1. The van der Waals surface area contributed by atoms with E-state index in [2.05, 4.69) is 15.6 Å². The summed E-state index contributed by atoms with van der Waals surface area (Å²) in [5.74, 6) is 0.902. The van der Waals surface area contributed by atoms with E-state index in [1.165, 1.54) is 0 Å². The lowest BCUT2D eigenvalue weighted by molar-refractivity contribution is 0.741. The number of nitrogens with one attached hydrogen (secondary N) is 2. The third kappa shape index (κ3) is 1.21. The number of fused-ring (bicyclic) bond motifs is 1. The molecule has 12 heavy (non-hydrogen) atoms. The molecule has 2 rings (SSSR count). The Hall–Kier alpha value is -1.29. The van der Waals surface area contributed by atoms with Crippen LogP contribution in [0.3, 0.4) is 0 Å². The van der Waals surface area contributed by atoms with E-state index in [1.54, 1.807) is 6.20 Å². The summed E-state index contributed by atoms with van der Waals surface area (Å²) in [4.78, 5) is 4.19. The molecule has 1 aliphatic heterocycles. The highest BCUT2D eigenvalue weighted by Gasteiger charge is 2.15. The highest BCUT2D eigenvalue weighted by Crippen LogP contribution is 2.21. The molecule has 1 aromatic heterocycles. The lowest BCUT2D eigenvalue weighted by Gasteiger charge is -2.25. The summed E-state index contributed by atoms with van der Waals surface area (Å²) in [6.45, 7) is 1.50. The number of nitrogens with zero attached hydrogens (tertiary/aromatic N) is 1. The van der Waals surface area contributed by atoms with Crippen molar-refractivity contribution in [3.63, 3.8) is 0 Å². The molecule has 1 atom stereocenters. The fraction of sp³-hybridized carbons (Fsp3) is 0.375. The zero-order valence-corrected chi connectivity index (χ0v) is 6.75. The monoisotopic (exact) mass is 164 g/mol. The molecule has 0 fully saturated rings. The van der Waals surface area contributed by atoms with E-state index in [9.17, 15) is 0 Å². The van der Waals surface area contributed by atoms with Crippen LogP contribution in [0.25, 0.3) is 0 Å². The van der Waals surface area contributed by atoms with E-state index >= 15 is 0 Å². The first-order chi connectivity index (χ1) is 5.90. The predicted molar refractivity (Wildman–Crippen MR) is 49.2 cm³/mol. The standard InChI is InChI=1S/C8H12N4/c9-4-6-5-11-7-2-1-3-10-8(7)12-6/h1-3,6,11H,4-5,9H2,(H,10,12)/t6-/m0/s1. The molecule has 0 bridgehead atoms. The SMILES string of the molecule is NC[C@H]1CNc2cccnc2N1. The van der Waals surface area contributed by atoms with Crippen molar-refractivity contribution in [1.82, 2.24) is 4.98 Å². The van der Waals surface area contributed by atoms with Gasteiger partial charge in [-0.2, -0.15) is 0 Å². The van der Waals surface area contributed by atoms with Gasteiger partial charge in [0.2, 0.25) is 0 Å². The molecule has 4 nitrogen and oxygen atoms in total. The van der Waals surface area contributed by atoms with Gasteiger partial charge < -0.3 is 16.4 Å². The Labute approximate surface area is 71.2 Å². The highest BCUT2D eigenvalue weighted by atomic mass is 15.1. The van der Waals surface area contributed by atoms with Gasteiger partial charge in [0, 0.05) is 19.3 Å². The van der Waals surface area contributed by atoms with E-state index in [0.29, 0.717) is 12.6 Å². The Morgan fingerprint density at radius 3 is 3.42 bits per heavy atom. The highest BCUT2D eigenvalue weighted by molar-refractivity contribution is 5.66. The molecule has 1 aromatic rings. The third-order valence-electron chi connectivity index (χ3n) is 1.97. The van der Waals surface area contributed by atoms with Crippen LogP contribution in [0.1, 0.15) is 0 Å². The molecule has 4 heteroatoms. The third-order valence-corrected chi connectivity index (χ3v) is 1.97. The second kappa shape index (κ2) is 2.98. The van der Waals surface area contributed by atoms with Crippen molar-refractivity contribution >= 4 is 11.5 Å². The fourth-order valence-corrected chi connectivity index (χ4v) is 1.28. The number of hydrogen-bond donors (Lipinski definition) is 3. The summed E-state index contributed by atoms with van der Waals surface area (Å²) in [6.07, 6.45) is 1.77. The summed E-state index contributed by atoms with van der Waals surface area (Å²) in [5, 5.41) is 6.51. The Morgan fingerprint density at radius 2 is 2.58 bits per heavy atom. The minimum absolute atomic E-state index is 0.299. The largest absolute Gasteiger partial charge is 0.380 e. The van der Waals surface area contributed by atoms with E-state index < -0.39 is 0 Å². The molecule has 0 radical (unpaired) electrons. The Balaban J connectivity index is 2.23. The molecular weight excluding hydrogens is 152 g/mol. The van der Waals surface area contributed by atoms with Gasteiger partial charge in [0.05, 0.1) is 11.7 Å². The number of nitrogens with two attached hydrogens (primary N) is 1. The van der Waals surface area contributed by atoms with Crippen LogP contribution in [0.15, 0.2) is 18.3 Å². The van der Waals surface area contributed by atoms with E-state index in [-0.39, 0.29) is 0 Å². The average molecular weight is 164 g/mol. The maximum Gasteiger partial charge on any atom is 0.149 e. The second-order valence-electron chi connectivity index (χ2n) is 2.86. The van der Waals surface area contributed by atoms with Crippen molar-refractivity contribution in [1.29, 1.82) is 0 Å². The maximum atomic E-state index is 5.53. The smallest absolute Gasteiger partial charge is 0.149 e. The topological polar surface area (TPSA) is 63.0 Å². The van der Waals surface area contributed by atoms with Gasteiger partial charge in [-0.15, -0.1) is 0 Å².